The fraction of sp³-hybridized carbons (Fsp3) is 0. The fourth-order valence-electron chi connectivity index (χ4n) is 0.313. The maximum Gasteiger partial charge on any atom is 0.0267 e. The SMILES string of the molecule is [Bi].c1ccncc1. The molecule has 0 unspecified atom stereocenters. The topological polar surface area (TPSA) is 12.9 Å². The molecule has 3 radical (unpaired) electrons. The Morgan fingerprint density at radius 3 is 1.57 bits per heavy atom. The van der Waals surface area contributed by atoms with Crippen LogP contribution in [0.25, 0.3) is 0 Å². The molecule has 0 bridgehead atoms. The van der Waals surface area contributed by atoms with Crippen molar-refractivity contribution in [3.8, 4) is 0 Å². The van der Waals surface area contributed by atoms with Crippen molar-refractivity contribution in [3.05, 3.63) is 30.6 Å². The van der Waals surface area contributed by atoms with E-state index in [-0.39, 0.29) is 26.2 Å². The molecule has 1 aromatic heterocycles. The van der Waals surface area contributed by atoms with Crippen molar-refractivity contribution in [3.63, 3.8) is 0 Å². The second kappa shape index (κ2) is 4.20. The minimum Gasteiger partial charge on any atom is -0.265 e. The van der Waals surface area contributed by atoms with E-state index in [1.807, 2.05) is 18.2 Å². The van der Waals surface area contributed by atoms with Crippen molar-refractivity contribution in [2.75, 3.05) is 0 Å². The van der Waals surface area contributed by atoms with Crippen LogP contribution < -0.4 is 0 Å². The van der Waals surface area contributed by atoms with E-state index in [1.54, 1.807) is 12.4 Å². The molecule has 0 N–H and O–H groups in total. The molecule has 0 spiro atoms. The summed E-state index contributed by atoms with van der Waals surface area (Å²) in [5.74, 6) is 0. The van der Waals surface area contributed by atoms with E-state index in [4.69, 9.17) is 0 Å². The molecule has 1 heterocycles. The zero-order chi connectivity index (χ0) is 4.24. The fourth-order valence-corrected chi connectivity index (χ4v) is 0.313. The Hall–Kier alpha value is 0.0331. The third kappa shape index (κ3) is 2.70. The Balaban J connectivity index is 0.000000360. The minimum atomic E-state index is 0. The Morgan fingerprint density at radius 1 is 0.857 bits per heavy atom. The standard InChI is InChI=1S/C5H5N.Bi/c1-2-4-6-5-3-1;/h1-5H;. The monoisotopic (exact) mass is 288 g/mol. The molecule has 1 rings (SSSR count). The van der Waals surface area contributed by atoms with Crippen LogP contribution in [0.1, 0.15) is 0 Å². The maximum absolute atomic E-state index is 3.78. The predicted molar refractivity (Wildman–Crippen MR) is 30.0 cm³/mol. The summed E-state index contributed by atoms with van der Waals surface area (Å²) < 4.78 is 0. The van der Waals surface area contributed by atoms with Crippen molar-refractivity contribution in [1.29, 1.82) is 0 Å². The summed E-state index contributed by atoms with van der Waals surface area (Å²) in [5, 5.41) is 0. The summed E-state index contributed by atoms with van der Waals surface area (Å²) >= 11 is 0. The van der Waals surface area contributed by atoms with Gasteiger partial charge in [-0.15, -0.1) is 0 Å². The molecule has 0 aliphatic carbocycles. The first-order valence-corrected chi connectivity index (χ1v) is 1.85. The zero-order valence-corrected chi connectivity index (χ0v) is 7.26. The molecule has 7 heavy (non-hydrogen) atoms. The molecular weight excluding hydrogens is 283 g/mol. The van der Waals surface area contributed by atoms with Gasteiger partial charge in [-0.25, -0.2) is 0 Å². The first-order chi connectivity index (χ1) is 3.00. The number of hydrogen-bond acceptors (Lipinski definition) is 1. The molecule has 1 nitrogen and oxygen atoms in total. The molecule has 0 aliphatic rings. The van der Waals surface area contributed by atoms with Gasteiger partial charge >= 0.3 is 0 Å². The quantitative estimate of drug-likeness (QED) is 0.640. The number of hydrogen-bond donors (Lipinski definition) is 0. The smallest absolute Gasteiger partial charge is 0.0267 e. The summed E-state index contributed by atoms with van der Waals surface area (Å²) in [7, 11) is 0. The van der Waals surface area contributed by atoms with Crippen molar-refractivity contribution in [1.82, 2.24) is 4.98 Å². The van der Waals surface area contributed by atoms with Gasteiger partial charge in [-0.05, 0) is 12.1 Å². The maximum atomic E-state index is 3.78. The van der Waals surface area contributed by atoms with Crippen LogP contribution in [0.4, 0.5) is 0 Å². The number of rotatable bonds is 0. The average Bonchev–Trinajstić information content (AvgIpc) is 1.72. The minimum absolute atomic E-state index is 0. The number of pyridine rings is 1. The van der Waals surface area contributed by atoms with Gasteiger partial charge in [0, 0.05) is 38.6 Å². The van der Waals surface area contributed by atoms with Gasteiger partial charge in [0.1, 0.15) is 0 Å². The van der Waals surface area contributed by atoms with E-state index in [9.17, 15) is 0 Å². The van der Waals surface area contributed by atoms with Gasteiger partial charge in [-0.3, -0.25) is 4.98 Å². The van der Waals surface area contributed by atoms with Crippen LogP contribution in [-0.2, 0) is 0 Å². The molecule has 0 amide bonds. The van der Waals surface area contributed by atoms with Crippen molar-refractivity contribution >= 4 is 26.2 Å². The summed E-state index contributed by atoms with van der Waals surface area (Å²) in [5.41, 5.74) is 0. The first-order valence-electron chi connectivity index (χ1n) is 1.85. The molecule has 0 saturated carbocycles. The van der Waals surface area contributed by atoms with E-state index >= 15 is 0 Å². The van der Waals surface area contributed by atoms with Crippen LogP contribution in [0.15, 0.2) is 30.6 Å². The van der Waals surface area contributed by atoms with Crippen LogP contribution in [0.2, 0.25) is 0 Å². The summed E-state index contributed by atoms with van der Waals surface area (Å²) in [6.45, 7) is 0. The molecule has 0 fully saturated rings. The first kappa shape index (κ1) is 7.03. The Kier molecular flexibility index (Phi) is 4.22. The van der Waals surface area contributed by atoms with Gasteiger partial charge < -0.3 is 0 Å². The normalized spacial score (nSPS) is 6.86. The van der Waals surface area contributed by atoms with E-state index < -0.39 is 0 Å². The van der Waals surface area contributed by atoms with Crippen LogP contribution in [-0.4, -0.2) is 31.2 Å². The molecule has 0 aromatic carbocycles. The summed E-state index contributed by atoms with van der Waals surface area (Å²) in [6.07, 6.45) is 3.50. The largest absolute Gasteiger partial charge is 0.265 e. The van der Waals surface area contributed by atoms with Crippen LogP contribution in [0, 0.1) is 0 Å². The van der Waals surface area contributed by atoms with E-state index in [0.717, 1.165) is 0 Å². The van der Waals surface area contributed by atoms with Crippen LogP contribution >= 0.6 is 0 Å². The van der Waals surface area contributed by atoms with E-state index in [0.29, 0.717) is 0 Å². The van der Waals surface area contributed by atoms with Crippen molar-refractivity contribution in [2.45, 2.75) is 0 Å². The van der Waals surface area contributed by atoms with Gasteiger partial charge in [0.15, 0.2) is 0 Å². The van der Waals surface area contributed by atoms with Crippen LogP contribution in [0.3, 0.4) is 0 Å². The molecule has 2 heteroatoms. The molecular formula is C5H5BiN. The third-order valence-corrected chi connectivity index (χ3v) is 0.566. The van der Waals surface area contributed by atoms with E-state index in [1.165, 1.54) is 0 Å². The van der Waals surface area contributed by atoms with Gasteiger partial charge in [-0.2, -0.15) is 0 Å². The third-order valence-electron chi connectivity index (χ3n) is 0.566. The molecule has 35 valence electrons. The average molecular weight is 288 g/mol. The Morgan fingerprint density at radius 2 is 1.43 bits per heavy atom. The van der Waals surface area contributed by atoms with Gasteiger partial charge in [0.25, 0.3) is 0 Å². The molecule has 0 saturated heterocycles. The number of aromatic nitrogens is 1. The van der Waals surface area contributed by atoms with Gasteiger partial charge in [-0.1, -0.05) is 6.07 Å². The van der Waals surface area contributed by atoms with Gasteiger partial charge in [0.05, 0.1) is 0 Å². The summed E-state index contributed by atoms with van der Waals surface area (Å²) in [6, 6.07) is 5.72. The predicted octanol–water partition coefficient (Wildman–Crippen LogP) is 0.701. The van der Waals surface area contributed by atoms with Gasteiger partial charge in [0.2, 0.25) is 0 Å². The summed E-state index contributed by atoms with van der Waals surface area (Å²) in [4.78, 5) is 3.78. The Bertz CT molecular complexity index is 80.0. The second-order valence-corrected chi connectivity index (χ2v) is 1.02. The van der Waals surface area contributed by atoms with E-state index in [2.05, 4.69) is 4.98 Å². The van der Waals surface area contributed by atoms with Crippen LogP contribution in [0.5, 0.6) is 0 Å². The zero-order valence-electron chi connectivity index (χ0n) is 3.78. The number of nitrogens with zero attached hydrogens (tertiary/aromatic N) is 1. The Labute approximate surface area is 61.9 Å². The van der Waals surface area contributed by atoms with Crippen molar-refractivity contribution < 1.29 is 0 Å². The molecule has 1 aromatic rings. The molecule has 0 aliphatic heterocycles. The molecule has 0 atom stereocenters. The second-order valence-electron chi connectivity index (χ2n) is 1.02. The van der Waals surface area contributed by atoms with Crippen molar-refractivity contribution in [2.24, 2.45) is 0 Å².